The summed E-state index contributed by atoms with van der Waals surface area (Å²) in [5.74, 6) is -0.403. The molecular weight excluding hydrogens is 300 g/mol. The lowest BCUT2D eigenvalue weighted by Gasteiger charge is -2.16. The molecule has 0 radical (unpaired) electrons. The van der Waals surface area contributed by atoms with Crippen molar-refractivity contribution in [3.05, 3.63) is 61.3 Å². The van der Waals surface area contributed by atoms with Gasteiger partial charge in [-0.2, -0.15) is 11.3 Å². The number of halogens is 1. The molecule has 5 nitrogen and oxygen atoms in total. The van der Waals surface area contributed by atoms with Gasteiger partial charge >= 0.3 is 0 Å². The fourth-order valence-corrected chi connectivity index (χ4v) is 2.60. The van der Waals surface area contributed by atoms with Gasteiger partial charge in [-0.25, -0.2) is 0 Å². The number of hydrogen-bond donors (Lipinski definition) is 0. The zero-order valence-electron chi connectivity index (χ0n) is 10.6. The lowest BCUT2D eigenvalue weighted by atomic mass is 10.1. The Morgan fingerprint density at radius 1 is 1.45 bits per heavy atom. The molecule has 0 aliphatic heterocycles. The van der Waals surface area contributed by atoms with Gasteiger partial charge in [0, 0.05) is 24.7 Å². The van der Waals surface area contributed by atoms with Gasteiger partial charge < -0.3 is 4.90 Å². The van der Waals surface area contributed by atoms with Crippen molar-refractivity contribution < 1.29 is 9.72 Å². The quantitative estimate of drug-likeness (QED) is 0.640. The monoisotopic (exact) mass is 310 g/mol. The number of nitro groups is 1. The number of carbonyl (C=O) groups excluding carboxylic acids is 1. The summed E-state index contributed by atoms with van der Waals surface area (Å²) in [6.07, 6.45) is 0. The van der Waals surface area contributed by atoms with Crippen LogP contribution in [-0.4, -0.2) is 22.8 Å². The molecule has 2 rings (SSSR count). The molecule has 0 aliphatic carbocycles. The normalized spacial score (nSPS) is 10.3. The predicted molar refractivity (Wildman–Crippen MR) is 78.2 cm³/mol. The largest absolute Gasteiger partial charge is 0.337 e. The number of thiophene rings is 1. The number of amides is 1. The molecular formula is C13H11ClN2O3S. The van der Waals surface area contributed by atoms with Crippen LogP contribution in [0.15, 0.2) is 35.0 Å². The number of hydrogen-bond acceptors (Lipinski definition) is 4. The summed E-state index contributed by atoms with van der Waals surface area (Å²) >= 11 is 7.27. The molecule has 2 aromatic rings. The third-order valence-corrected chi connectivity index (χ3v) is 3.70. The number of benzene rings is 1. The van der Waals surface area contributed by atoms with Gasteiger partial charge in [-0.3, -0.25) is 14.9 Å². The summed E-state index contributed by atoms with van der Waals surface area (Å²) in [6, 6.07) is 5.95. The van der Waals surface area contributed by atoms with Crippen LogP contribution in [-0.2, 0) is 6.54 Å². The van der Waals surface area contributed by atoms with Crippen LogP contribution in [0.1, 0.15) is 15.9 Å². The Hall–Kier alpha value is -1.92. The highest BCUT2D eigenvalue weighted by Gasteiger charge is 2.23. The summed E-state index contributed by atoms with van der Waals surface area (Å²) < 4.78 is 0. The maximum atomic E-state index is 12.3. The highest BCUT2D eigenvalue weighted by atomic mass is 35.5. The average molecular weight is 311 g/mol. The van der Waals surface area contributed by atoms with Crippen LogP contribution >= 0.6 is 22.9 Å². The van der Waals surface area contributed by atoms with E-state index in [-0.39, 0.29) is 16.3 Å². The fourth-order valence-electron chi connectivity index (χ4n) is 1.77. The minimum absolute atomic E-state index is 0.0390. The molecule has 0 aliphatic rings. The van der Waals surface area contributed by atoms with E-state index in [1.54, 1.807) is 7.05 Å². The first kappa shape index (κ1) is 14.5. The molecule has 0 unspecified atom stereocenters. The molecule has 0 atom stereocenters. The van der Waals surface area contributed by atoms with E-state index in [1.165, 1.54) is 34.4 Å². The van der Waals surface area contributed by atoms with Crippen molar-refractivity contribution in [1.82, 2.24) is 4.90 Å². The second kappa shape index (κ2) is 6.02. The molecule has 20 heavy (non-hydrogen) atoms. The maximum Gasteiger partial charge on any atom is 0.283 e. The maximum absolute atomic E-state index is 12.3. The van der Waals surface area contributed by atoms with Crippen LogP contribution in [0.5, 0.6) is 0 Å². The van der Waals surface area contributed by atoms with Gasteiger partial charge in [0.2, 0.25) is 0 Å². The van der Waals surface area contributed by atoms with E-state index >= 15 is 0 Å². The first-order chi connectivity index (χ1) is 9.49. The van der Waals surface area contributed by atoms with Crippen molar-refractivity contribution in [3.8, 4) is 0 Å². The van der Waals surface area contributed by atoms with Crippen LogP contribution in [0.4, 0.5) is 5.69 Å². The standard InChI is InChI=1S/C13H11ClN2O3S/c1-15(7-9-4-5-20-8-9)13(17)11-3-2-10(14)6-12(11)16(18)19/h2-6,8H,7H2,1H3. The molecule has 0 N–H and O–H groups in total. The molecule has 1 aromatic carbocycles. The van der Waals surface area contributed by atoms with Crippen LogP contribution < -0.4 is 0 Å². The molecule has 1 amide bonds. The van der Waals surface area contributed by atoms with Gasteiger partial charge in [-0.05, 0) is 34.5 Å². The highest BCUT2D eigenvalue weighted by molar-refractivity contribution is 7.07. The molecule has 1 aromatic heterocycles. The lowest BCUT2D eigenvalue weighted by Crippen LogP contribution is -2.26. The van der Waals surface area contributed by atoms with Crippen molar-refractivity contribution in [2.24, 2.45) is 0 Å². The summed E-state index contributed by atoms with van der Waals surface area (Å²) in [5, 5.41) is 15.1. The minimum atomic E-state index is -0.600. The summed E-state index contributed by atoms with van der Waals surface area (Å²) in [4.78, 5) is 24.1. The zero-order chi connectivity index (χ0) is 14.7. The summed E-state index contributed by atoms with van der Waals surface area (Å²) in [7, 11) is 1.61. The van der Waals surface area contributed by atoms with Gasteiger partial charge in [0.15, 0.2) is 0 Å². The van der Waals surface area contributed by atoms with Crippen LogP contribution in [0.25, 0.3) is 0 Å². The van der Waals surface area contributed by atoms with Crippen molar-refractivity contribution in [3.63, 3.8) is 0 Å². The van der Waals surface area contributed by atoms with Gasteiger partial charge in [0.25, 0.3) is 11.6 Å². The Balaban J connectivity index is 2.26. The van der Waals surface area contributed by atoms with Gasteiger partial charge in [0.05, 0.1) is 4.92 Å². The van der Waals surface area contributed by atoms with Crippen molar-refractivity contribution in [2.45, 2.75) is 6.54 Å². The molecule has 0 spiro atoms. The van der Waals surface area contributed by atoms with Gasteiger partial charge in [-0.1, -0.05) is 11.6 Å². The smallest absolute Gasteiger partial charge is 0.283 e. The number of nitrogens with zero attached hydrogens (tertiary/aromatic N) is 2. The summed E-state index contributed by atoms with van der Waals surface area (Å²) in [5.41, 5.74) is 0.749. The molecule has 7 heteroatoms. The molecule has 104 valence electrons. The molecule has 0 bridgehead atoms. The molecule has 1 heterocycles. The van der Waals surface area contributed by atoms with E-state index in [2.05, 4.69) is 0 Å². The Bertz CT molecular complexity index is 643. The van der Waals surface area contributed by atoms with Crippen LogP contribution in [0.2, 0.25) is 5.02 Å². The van der Waals surface area contributed by atoms with E-state index in [4.69, 9.17) is 11.6 Å². The van der Waals surface area contributed by atoms with Gasteiger partial charge in [-0.15, -0.1) is 0 Å². The van der Waals surface area contributed by atoms with E-state index in [1.807, 2.05) is 16.8 Å². The first-order valence-electron chi connectivity index (χ1n) is 5.69. The van der Waals surface area contributed by atoms with E-state index in [9.17, 15) is 14.9 Å². The van der Waals surface area contributed by atoms with Crippen molar-refractivity contribution >= 4 is 34.5 Å². The molecule has 0 saturated carbocycles. The van der Waals surface area contributed by atoms with E-state index in [0.717, 1.165) is 5.56 Å². The SMILES string of the molecule is CN(Cc1ccsc1)C(=O)c1ccc(Cl)cc1[N+](=O)[O-]. The highest BCUT2D eigenvalue weighted by Crippen LogP contribution is 2.24. The second-order valence-electron chi connectivity index (χ2n) is 4.21. The second-order valence-corrected chi connectivity index (χ2v) is 5.43. The van der Waals surface area contributed by atoms with Crippen LogP contribution in [0, 0.1) is 10.1 Å². The molecule has 0 fully saturated rings. The predicted octanol–water partition coefficient (Wildman–Crippen LogP) is 3.58. The Morgan fingerprint density at radius 2 is 2.20 bits per heavy atom. The Kier molecular flexibility index (Phi) is 4.36. The zero-order valence-corrected chi connectivity index (χ0v) is 12.1. The van der Waals surface area contributed by atoms with E-state index < -0.39 is 10.8 Å². The third-order valence-electron chi connectivity index (χ3n) is 2.73. The Morgan fingerprint density at radius 3 is 2.80 bits per heavy atom. The number of carbonyl (C=O) groups is 1. The topological polar surface area (TPSA) is 63.5 Å². The lowest BCUT2D eigenvalue weighted by molar-refractivity contribution is -0.385. The summed E-state index contributed by atoms with van der Waals surface area (Å²) in [6.45, 7) is 0.405. The number of nitro benzene ring substituents is 1. The third kappa shape index (κ3) is 3.15. The minimum Gasteiger partial charge on any atom is -0.337 e. The van der Waals surface area contributed by atoms with Gasteiger partial charge in [0.1, 0.15) is 5.56 Å². The number of rotatable bonds is 4. The fraction of sp³-hybridized carbons (Fsp3) is 0.154. The van der Waals surface area contributed by atoms with Crippen molar-refractivity contribution in [2.75, 3.05) is 7.05 Å². The molecule has 0 saturated heterocycles. The van der Waals surface area contributed by atoms with Crippen LogP contribution in [0.3, 0.4) is 0 Å². The van der Waals surface area contributed by atoms with Crippen molar-refractivity contribution in [1.29, 1.82) is 0 Å². The first-order valence-corrected chi connectivity index (χ1v) is 7.01. The Labute approximate surface area is 124 Å². The average Bonchev–Trinajstić information content (AvgIpc) is 2.90. The van der Waals surface area contributed by atoms with E-state index in [0.29, 0.717) is 6.54 Å².